The molecule has 3 aromatic rings. The number of thioether (sulfide) groups is 1. The van der Waals surface area contributed by atoms with Gasteiger partial charge in [0, 0.05) is 31.9 Å². The van der Waals surface area contributed by atoms with Crippen molar-refractivity contribution in [2.45, 2.75) is 31.7 Å². The Hall–Kier alpha value is -2.71. The minimum Gasteiger partial charge on any atom is -0.301 e. The Morgan fingerprint density at radius 2 is 1.48 bits per heavy atom. The minimum absolute atomic E-state index is 0.00204. The van der Waals surface area contributed by atoms with Crippen LogP contribution in [0.1, 0.15) is 29.8 Å². The first-order valence-corrected chi connectivity index (χ1v) is 12.4. The first-order valence-electron chi connectivity index (χ1n) is 11.3. The summed E-state index contributed by atoms with van der Waals surface area (Å²) in [6.45, 7) is 3.86. The summed E-state index contributed by atoms with van der Waals surface area (Å²) in [7, 11) is 0. The summed E-state index contributed by atoms with van der Waals surface area (Å²) in [5, 5.41) is 4.52. The molecule has 1 saturated heterocycles. The van der Waals surface area contributed by atoms with Gasteiger partial charge in [0.1, 0.15) is 17.5 Å². The predicted octanol–water partition coefficient (Wildman–Crippen LogP) is 4.17. The number of halogens is 2. The van der Waals surface area contributed by atoms with Gasteiger partial charge in [0.2, 0.25) is 0 Å². The fourth-order valence-electron chi connectivity index (χ4n) is 4.62. The van der Waals surface area contributed by atoms with Crippen molar-refractivity contribution < 1.29 is 8.78 Å². The van der Waals surface area contributed by atoms with Gasteiger partial charge in [-0.3, -0.25) is 4.57 Å². The topological polar surface area (TPSA) is 43.1 Å². The summed E-state index contributed by atoms with van der Waals surface area (Å²) in [6.07, 6.45) is 1.74. The molecule has 0 unspecified atom stereocenters. The monoisotopic (exact) mass is 468 g/mol. The molecule has 0 radical (unpaired) electrons. The molecule has 5 rings (SSSR count). The molecule has 1 fully saturated rings. The molecule has 2 aromatic carbocycles. The van der Waals surface area contributed by atoms with Crippen LogP contribution in [-0.2, 0) is 18.8 Å². The smallest absolute Gasteiger partial charge is 0.301 e. The molecule has 0 spiro atoms. The molecular formula is C25H26F2N4OS. The van der Waals surface area contributed by atoms with Crippen molar-refractivity contribution in [2.75, 3.05) is 25.4 Å². The zero-order valence-electron chi connectivity index (χ0n) is 18.3. The maximum atomic E-state index is 13.5. The molecule has 8 heteroatoms. The Labute approximate surface area is 195 Å². The number of likely N-dealkylation sites (tertiary alicyclic amines) is 1. The summed E-state index contributed by atoms with van der Waals surface area (Å²) < 4.78 is 30.4. The largest absolute Gasteiger partial charge is 0.346 e. The molecule has 5 nitrogen and oxygen atoms in total. The highest BCUT2D eigenvalue weighted by Gasteiger charge is 2.21. The SMILES string of the molecule is O=c1n(CCN2CCC(=C(c3ccc(F)cc3)c3ccc(F)cc3)CC2)nc2n1CCSC2. The summed E-state index contributed by atoms with van der Waals surface area (Å²) in [5.74, 6) is 2.10. The second kappa shape index (κ2) is 9.65. The first-order chi connectivity index (χ1) is 16.1. The van der Waals surface area contributed by atoms with Crippen LogP contribution in [-0.4, -0.2) is 44.6 Å². The van der Waals surface area contributed by atoms with Gasteiger partial charge >= 0.3 is 5.69 Å². The second-order valence-electron chi connectivity index (χ2n) is 8.46. The predicted molar refractivity (Wildman–Crippen MR) is 127 cm³/mol. The zero-order valence-corrected chi connectivity index (χ0v) is 19.2. The number of fused-ring (bicyclic) bond motifs is 1. The third-order valence-electron chi connectivity index (χ3n) is 6.40. The maximum Gasteiger partial charge on any atom is 0.346 e. The van der Waals surface area contributed by atoms with Crippen molar-refractivity contribution in [3.8, 4) is 0 Å². The van der Waals surface area contributed by atoms with E-state index in [0.717, 1.165) is 73.1 Å². The van der Waals surface area contributed by atoms with Crippen LogP contribution in [0.5, 0.6) is 0 Å². The van der Waals surface area contributed by atoms with Crippen molar-refractivity contribution in [2.24, 2.45) is 0 Å². The Morgan fingerprint density at radius 1 is 0.879 bits per heavy atom. The third-order valence-corrected chi connectivity index (χ3v) is 7.33. The van der Waals surface area contributed by atoms with Gasteiger partial charge in [-0.15, -0.1) is 0 Å². The number of aromatic nitrogens is 3. The number of hydrogen-bond acceptors (Lipinski definition) is 4. The van der Waals surface area contributed by atoms with E-state index in [1.54, 1.807) is 33.5 Å². The number of hydrogen-bond donors (Lipinski definition) is 0. The molecule has 2 aliphatic heterocycles. The van der Waals surface area contributed by atoms with Crippen molar-refractivity contribution in [1.82, 2.24) is 19.2 Å². The number of rotatable bonds is 5. The minimum atomic E-state index is -0.271. The van der Waals surface area contributed by atoms with E-state index in [4.69, 9.17) is 0 Å². The molecule has 1 aromatic heterocycles. The third kappa shape index (κ3) is 4.82. The van der Waals surface area contributed by atoms with Crippen LogP contribution in [0.15, 0.2) is 58.9 Å². The summed E-state index contributed by atoms with van der Waals surface area (Å²) in [6, 6.07) is 13.0. The van der Waals surface area contributed by atoms with Crippen molar-refractivity contribution in [3.05, 3.63) is 93.2 Å². The van der Waals surface area contributed by atoms with Crippen LogP contribution in [0.25, 0.3) is 5.57 Å². The van der Waals surface area contributed by atoms with E-state index in [1.165, 1.54) is 29.8 Å². The van der Waals surface area contributed by atoms with Crippen LogP contribution >= 0.6 is 11.8 Å². The fraction of sp³-hybridized carbons (Fsp3) is 0.360. The number of benzene rings is 2. The molecule has 0 amide bonds. The summed E-state index contributed by atoms with van der Waals surface area (Å²) in [5.41, 5.74) is 4.23. The van der Waals surface area contributed by atoms with E-state index in [2.05, 4.69) is 10.00 Å². The molecular weight excluding hydrogens is 442 g/mol. The average Bonchev–Trinajstić information content (AvgIpc) is 3.17. The van der Waals surface area contributed by atoms with E-state index in [1.807, 2.05) is 11.8 Å². The summed E-state index contributed by atoms with van der Waals surface area (Å²) in [4.78, 5) is 14.9. The van der Waals surface area contributed by atoms with Crippen molar-refractivity contribution >= 4 is 17.3 Å². The fourth-order valence-corrected chi connectivity index (χ4v) is 5.48. The van der Waals surface area contributed by atoms with E-state index in [-0.39, 0.29) is 17.3 Å². The van der Waals surface area contributed by atoms with Crippen molar-refractivity contribution in [3.63, 3.8) is 0 Å². The quantitative estimate of drug-likeness (QED) is 0.564. The molecule has 172 valence electrons. The number of piperidine rings is 1. The second-order valence-corrected chi connectivity index (χ2v) is 9.57. The molecule has 3 heterocycles. The van der Waals surface area contributed by atoms with Gasteiger partial charge in [-0.1, -0.05) is 29.8 Å². The number of nitrogens with zero attached hydrogens (tertiary/aromatic N) is 4. The van der Waals surface area contributed by atoms with Gasteiger partial charge < -0.3 is 4.90 Å². The maximum absolute atomic E-state index is 13.5. The van der Waals surface area contributed by atoms with Gasteiger partial charge in [0.05, 0.1) is 12.3 Å². The highest BCUT2D eigenvalue weighted by atomic mass is 32.2. The molecule has 0 aliphatic carbocycles. The lowest BCUT2D eigenvalue weighted by atomic mass is 9.88. The van der Waals surface area contributed by atoms with Crippen LogP contribution in [0.2, 0.25) is 0 Å². The van der Waals surface area contributed by atoms with E-state index >= 15 is 0 Å². The highest BCUT2D eigenvalue weighted by molar-refractivity contribution is 7.98. The van der Waals surface area contributed by atoms with Gasteiger partial charge in [-0.2, -0.15) is 16.9 Å². The van der Waals surface area contributed by atoms with Crippen LogP contribution in [0.4, 0.5) is 8.78 Å². The molecule has 0 atom stereocenters. The standard InChI is InChI=1S/C25H26F2N4OS/c26-21-5-1-18(2-6-21)24(19-3-7-22(27)8-4-19)20-9-11-29(12-10-20)13-14-31-25(32)30-15-16-33-17-23(30)28-31/h1-8H,9-17H2. The Morgan fingerprint density at radius 3 is 2.06 bits per heavy atom. The molecule has 33 heavy (non-hydrogen) atoms. The van der Waals surface area contributed by atoms with E-state index < -0.39 is 0 Å². The van der Waals surface area contributed by atoms with E-state index in [9.17, 15) is 13.6 Å². The lowest BCUT2D eigenvalue weighted by Gasteiger charge is -2.30. The van der Waals surface area contributed by atoms with Gasteiger partial charge in [0.15, 0.2) is 0 Å². The Kier molecular flexibility index (Phi) is 6.46. The van der Waals surface area contributed by atoms with Crippen LogP contribution in [0.3, 0.4) is 0 Å². The van der Waals surface area contributed by atoms with Crippen molar-refractivity contribution in [1.29, 1.82) is 0 Å². The van der Waals surface area contributed by atoms with E-state index in [0.29, 0.717) is 6.54 Å². The highest BCUT2D eigenvalue weighted by Crippen LogP contribution is 2.32. The van der Waals surface area contributed by atoms with Crippen LogP contribution in [0, 0.1) is 11.6 Å². The van der Waals surface area contributed by atoms with Crippen LogP contribution < -0.4 is 5.69 Å². The lowest BCUT2D eigenvalue weighted by molar-refractivity contribution is 0.242. The first kappa shape index (κ1) is 22.1. The van der Waals surface area contributed by atoms with Gasteiger partial charge in [-0.05, 0) is 53.8 Å². The summed E-state index contributed by atoms with van der Waals surface area (Å²) >= 11 is 1.81. The normalized spacial score (nSPS) is 16.6. The average molecular weight is 469 g/mol. The molecule has 0 N–H and O–H groups in total. The molecule has 2 aliphatic rings. The van der Waals surface area contributed by atoms with Gasteiger partial charge in [-0.25, -0.2) is 18.3 Å². The Bertz CT molecular complexity index is 1160. The molecule has 0 bridgehead atoms. The molecule has 0 saturated carbocycles. The lowest BCUT2D eigenvalue weighted by Crippen LogP contribution is -2.36. The van der Waals surface area contributed by atoms with Gasteiger partial charge in [0.25, 0.3) is 0 Å². The zero-order chi connectivity index (χ0) is 22.8. The Balaban J connectivity index is 1.31.